The molecule has 0 radical (unpaired) electrons. The Balaban J connectivity index is 1.79. The zero-order chi connectivity index (χ0) is 22.1. The van der Waals surface area contributed by atoms with E-state index in [1.54, 1.807) is 6.26 Å². The van der Waals surface area contributed by atoms with Gasteiger partial charge in [0.2, 0.25) is 0 Å². The molecule has 1 aromatic carbocycles. The first-order valence-corrected chi connectivity index (χ1v) is 10.9. The summed E-state index contributed by atoms with van der Waals surface area (Å²) in [7, 11) is 0. The number of hydrogen-bond donors (Lipinski definition) is 1. The van der Waals surface area contributed by atoms with Gasteiger partial charge in [0.05, 0.1) is 19.4 Å². The van der Waals surface area contributed by atoms with Crippen LogP contribution in [-0.4, -0.2) is 10.0 Å². The molecule has 0 atom stereocenters. The topological polar surface area (TPSA) is 49.8 Å². The molecule has 31 heavy (non-hydrogen) atoms. The van der Waals surface area contributed by atoms with E-state index in [1.165, 1.54) is 11.1 Å². The fourth-order valence-electron chi connectivity index (χ4n) is 3.81. The summed E-state index contributed by atoms with van der Waals surface area (Å²) in [6.45, 7) is 11.8. The summed E-state index contributed by atoms with van der Waals surface area (Å²) in [5.41, 5.74) is 1.52. The summed E-state index contributed by atoms with van der Waals surface area (Å²) in [4.78, 5) is 2.29. The Morgan fingerprint density at radius 2 is 1.61 bits per heavy atom. The molecule has 1 N–H and O–H groups in total. The van der Waals surface area contributed by atoms with E-state index >= 15 is 0 Å². The van der Waals surface area contributed by atoms with E-state index < -0.39 is 5.60 Å². The predicted octanol–water partition coefficient (Wildman–Crippen LogP) is 6.50. The van der Waals surface area contributed by atoms with Crippen molar-refractivity contribution in [1.82, 2.24) is 4.90 Å². The van der Waals surface area contributed by atoms with E-state index in [9.17, 15) is 5.11 Å². The molecule has 0 unspecified atom stereocenters. The molecule has 2 heterocycles. The summed E-state index contributed by atoms with van der Waals surface area (Å²) in [6.07, 6.45) is 7.97. The Morgan fingerprint density at radius 3 is 2.26 bits per heavy atom. The van der Waals surface area contributed by atoms with Crippen LogP contribution < -0.4 is 0 Å². The molecule has 4 nitrogen and oxygen atoms in total. The van der Waals surface area contributed by atoms with E-state index in [0.717, 1.165) is 30.9 Å². The molecule has 0 aliphatic carbocycles. The molecule has 164 valence electrons. The van der Waals surface area contributed by atoms with Crippen LogP contribution in [0.3, 0.4) is 0 Å². The van der Waals surface area contributed by atoms with Crippen LogP contribution in [0, 0.1) is 6.92 Å². The van der Waals surface area contributed by atoms with E-state index in [2.05, 4.69) is 49.2 Å². The minimum atomic E-state index is -1.01. The van der Waals surface area contributed by atoms with Gasteiger partial charge in [0.25, 0.3) is 0 Å². The molecule has 2 aromatic heterocycles. The molecular weight excluding hydrogens is 386 g/mol. The Morgan fingerprint density at radius 1 is 0.903 bits per heavy atom. The van der Waals surface area contributed by atoms with Gasteiger partial charge in [0.1, 0.15) is 22.9 Å². The quantitative estimate of drug-likeness (QED) is 0.321. The molecule has 0 aliphatic rings. The first-order valence-electron chi connectivity index (χ1n) is 10.9. The standard InChI is InChI=1S/C27H33NO3/c1-4-6-16-27(29,17-7-5-2)26-15-14-25(31-26)21-28(20-24-13-10-18-30-24)19-23-12-9-8-11-22(23)3/h4-5,8-15,18,29H,1-2,6-7,16-17,19-21H2,3H3. The zero-order valence-electron chi connectivity index (χ0n) is 18.4. The lowest BCUT2D eigenvalue weighted by atomic mass is 9.89. The van der Waals surface area contributed by atoms with Crippen molar-refractivity contribution >= 4 is 0 Å². The summed E-state index contributed by atoms with van der Waals surface area (Å²) < 4.78 is 11.8. The van der Waals surface area contributed by atoms with Gasteiger partial charge in [0.15, 0.2) is 0 Å². The van der Waals surface area contributed by atoms with Crippen molar-refractivity contribution in [3.63, 3.8) is 0 Å². The molecule has 0 spiro atoms. The van der Waals surface area contributed by atoms with E-state index in [1.807, 2.05) is 36.4 Å². The second kappa shape index (κ2) is 11.0. The van der Waals surface area contributed by atoms with Crippen LogP contribution in [0.2, 0.25) is 0 Å². The fourth-order valence-corrected chi connectivity index (χ4v) is 3.81. The van der Waals surface area contributed by atoms with Crippen molar-refractivity contribution in [2.24, 2.45) is 0 Å². The number of furan rings is 2. The second-order valence-electron chi connectivity index (χ2n) is 8.10. The zero-order valence-corrected chi connectivity index (χ0v) is 18.4. The lowest BCUT2D eigenvalue weighted by Gasteiger charge is -2.25. The molecule has 4 heteroatoms. The highest BCUT2D eigenvalue weighted by Gasteiger charge is 2.31. The number of nitrogens with zero attached hydrogens (tertiary/aromatic N) is 1. The SMILES string of the molecule is C=CCCC(O)(CCC=C)c1ccc(CN(Cc2ccco2)Cc2ccccc2C)o1. The number of aryl methyl sites for hydroxylation is 1. The first kappa shape index (κ1) is 22.9. The average Bonchev–Trinajstić information content (AvgIpc) is 3.45. The van der Waals surface area contributed by atoms with E-state index in [4.69, 9.17) is 8.83 Å². The van der Waals surface area contributed by atoms with Crippen LogP contribution in [-0.2, 0) is 25.2 Å². The molecule has 3 aromatic rings. The summed E-state index contributed by atoms with van der Waals surface area (Å²) in [5.74, 6) is 2.35. The minimum Gasteiger partial charge on any atom is -0.468 e. The van der Waals surface area contributed by atoms with Gasteiger partial charge in [-0.15, -0.1) is 13.2 Å². The van der Waals surface area contributed by atoms with Crippen molar-refractivity contribution in [2.45, 2.75) is 57.8 Å². The Hall–Kier alpha value is -2.82. The van der Waals surface area contributed by atoms with Gasteiger partial charge in [-0.2, -0.15) is 0 Å². The molecule has 0 fully saturated rings. The lowest BCUT2D eigenvalue weighted by Crippen LogP contribution is -2.25. The third-order valence-electron chi connectivity index (χ3n) is 5.64. The van der Waals surface area contributed by atoms with Gasteiger partial charge in [-0.1, -0.05) is 36.4 Å². The number of rotatable bonds is 13. The highest BCUT2D eigenvalue weighted by Crippen LogP contribution is 2.33. The molecule has 0 amide bonds. The highest BCUT2D eigenvalue weighted by molar-refractivity contribution is 5.25. The number of hydrogen-bond acceptors (Lipinski definition) is 4. The van der Waals surface area contributed by atoms with Crippen LogP contribution in [0.25, 0.3) is 0 Å². The van der Waals surface area contributed by atoms with Crippen molar-refractivity contribution < 1.29 is 13.9 Å². The third-order valence-corrected chi connectivity index (χ3v) is 5.64. The Bertz CT molecular complexity index is 943. The summed E-state index contributed by atoms with van der Waals surface area (Å²) in [5, 5.41) is 11.3. The maximum atomic E-state index is 11.3. The largest absolute Gasteiger partial charge is 0.468 e. The van der Waals surface area contributed by atoms with Crippen LogP contribution in [0.5, 0.6) is 0 Å². The maximum absolute atomic E-state index is 11.3. The first-order chi connectivity index (χ1) is 15.0. The van der Waals surface area contributed by atoms with Crippen molar-refractivity contribution in [3.8, 4) is 0 Å². The number of allylic oxidation sites excluding steroid dienone is 2. The number of aliphatic hydroxyl groups is 1. The maximum Gasteiger partial charge on any atom is 0.135 e. The Labute approximate surface area is 185 Å². The van der Waals surface area contributed by atoms with Crippen LogP contribution in [0.1, 0.15) is 54.1 Å². The van der Waals surface area contributed by atoms with Gasteiger partial charge in [0, 0.05) is 6.54 Å². The average molecular weight is 420 g/mol. The van der Waals surface area contributed by atoms with E-state index in [0.29, 0.717) is 31.7 Å². The van der Waals surface area contributed by atoms with Crippen LogP contribution >= 0.6 is 0 Å². The van der Waals surface area contributed by atoms with Crippen molar-refractivity contribution in [2.75, 3.05) is 0 Å². The molecule has 0 aliphatic heterocycles. The van der Waals surface area contributed by atoms with E-state index in [-0.39, 0.29) is 0 Å². The normalized spacial score (nSPS) is 11.7. The summed E-state index contributed by atoms with van der Waals surface area (Å²) >= 11 is 0. The van der Waals surface area contributed by atoms with Crippen LogP contribution in [0.15, 0.2) is 88.9 Å². The van der Waals surface area contributed by atoms with Gasteiger partial charge in [-0.05, 0) is 68.0 Å². The molecular formula is C27H33NO3. The van der Waals surface area contributed by atoms with Gasteiger partial charge in [-0.3, -0.25) is 4.90 Å². The third kappa shape index (κ3) is 6.33. The van der Waals surface area contributed by atoms with Crippen molar-refractivity contribution in [3.05, 3.63) is 109 Å². The second-order valence-corrected chi connectivity index (χ2v) is 8.10. The van der Waals surface area contributed by atoms with Gasteiger partial charge in [-0.25, -0.2) is 0 Å². The summed E-state index contributed by atoms with van der Waals surface area (Å²) in [6, 6.07) is 16.2. The van der Waals surface area contributed by atoms with Gasteiger partial charge < -0.3 is 13.9 Å². The number of benzene rings is 1. The monoisotopic (exact) mass is 419 g/mol. The Kier molecular flexibility index (Phi) is 8.10. The van der Waals surface area contributed by atoms with Crippen molar-refractivity contribution in [1.29, 1.82) is 0 Å². The smallest absolute Gasteiger partial charge is 0.135 e. The molecule has 0 saturated heterocycles. The molecule has 0 saturated carbocycles. The van der Waals surface area contributed by atoms with Crippen LogP contribution in [0.4, 0.5) is 0 Å². The highest BCUT2D eigenvalue weighted by atomic mass is 16.4. The fraction of sp³-hybridized carbons (Fsp3) is 0.333. The van der Waals surface area contributed by atoms with Gasteiger partial charge >= 0.3 is 0 Å². The predicted molar refractivity (Wildman–Crippen MR) is 124 cm³/mol. The molecule has 3 rings (SSSR count). The lowest BCUT2D eigenvalue weighted by molar-refractivity contribution is -0.00223. The molecule has 0 bridgehead atoms. The minimum absolute atomic E-state index is 0.580.